The molecule has 4 nitrogen and oxygen atoms in total. The number of hydrogen-bond donors (Lipinski definition) is 1. The van der Waals surface area contributed by atoms with Gasteiger partial charge in [-0.1, -0.05) is 0 Å². The highest BCUT2D eigenvalue weighted by Crippen LogP contribution is 2.38. The zero-order valence-electron chi connectivity index (χ0n) is 10.9. The van der Waals surface area contributed by atoms with Gasteiger partial charge in [-0.05, 0) is 57.5 Å². The van der Waals surface area contributed by atoms with E-state index in [1.165, 1.54) is 12.8 Å². The van der Waals surface area contributed by atoms with Crippen LogP contribution in [0.1, 0.15) is 38.5 Å². The summed E-state index contributed by atoms with van der Waals surface area (Å²) >= 11 is 0. The highest BCUT2D eigenvalue weighted by molar-refractivity contribution is 6.00. The SMILES string of the molecule is O=C1C2CCC(C2)C(=O)N1CCC1CCNCC1. The molecule has 2 heterocycles. The smallest absolute Gasteiger partial charge is 0.232 e. The van der Waals surface area contributed by atoms with Crippen LogP contribution in [0, 0.1) is 17.8 Å². The van der Waals surface area contributed by atoms with E-state index in [0.29, 0.717) is 12.5 Å². The van der Waals surface area contributed by atoms with Gasteiger partial charge in [-0.2, -0.15) is 0 Å². The van der Waals surface area contributed by atoms with Crippen LogP contribution in [0.4, 0.5) is 0 Å². The Labute approximate surface area is 108 Å². The number of amides is 2. The third-order valence-electron chi connectivity index (χ3n) is 4.88. The molecule has 2 atom stereocenters. The van der Waals surface area contributed by atoms with Gasteiger partial charge in [0, 0.05) is 18.4 Å². The second kappa shape index (κ2) is 5.00. The van der Waals surface area contributed by atoms with Gasteiger partial charge in [-0.3, -0.25) is 14.5 Å². The zero-order chi connectivity index (χ0) is 12.5. The average Bonchev–Trinajstić information content (AvgIpc) is 2.85. The second-order valence-corrected chi connectivity index (χ2v) is 6.02. The van der Waals surface area contributed by atoms with E-state index in [-0.39, 0.29) is 23.7 Å². The van der Waals surface area contributed by atoms with Crippen LogP contribution < -0.4 is 5.32 Å². The van der Waals surface area contributed by atoms with E-state index in [0.717, 1.165) is 38.8 Å². The van der Waals surface area contributed by atoms with Crippen LogP contribution in [0.5, 0.6) is 0 Å². The third kappa shape index (κ3) is 2.18. The summed E-state index contributed by atoms with van der Waals surface area (Å²) in [6.45, 7) is 2.82. The minimum atomic E-state index is 0.114. The number of rotatable bonds is 3. The van der Waals surface area contributed by atoms with Gasteiger partial charge in [0.15, 0.2) is 0 Å². The number of imide groups is 1. The van der Waals surface area contributed by atoms with Crippen molar-refractivity contribution in [1.82, 2.24) is 10.2 Å². The van der Waals surface area contributed by atoms with Gasteiger partial charge in [0.1, 0.15) is 0 Å². The summed E-state index contributed by atoms with van der Waals surface area (Å²) in [5.41, 5.74) is 0. The van der Waals surface area contributed by atoms with Gasteiger partial charge < -0.3 is 5.32 Å². The number of nitrogens with one attached hydrogen (secondary N) is 1. The molecule has 2 bridgehead atoms. The molecule has 0 aromatic carbocycles. The predicted molar refractivity (Wildman–Crippen MR) is 67.8 cm³/mol. The first-order chi connectivity index (χ1) is 8.75. The molecule has 3 rings (SSSR count). The molecule has 2 saturated heterocycles. The maximum Gasteiger partial charge on any atom is 0.232 e. The second-order valence-electron chi connectivity index (χ2n) is 6.02. The van der Waals surface area contributed by atoms with Gasteiger partial charge in [0.05, 0.1) is 0 Å². The molecule has 100 valence electrons. The molecule has 0 aromatic rings. The van der Waals surface area contributed by atoms with Crippen LogP contribution in [0.15, 0.2) is 0 Å². The number of carbonyl (C=O) groups excluding carboxylic acids is 2. The van der Waals surface area contributed by atoms with Gasteiger partial charge in [0.2, 0.25) is 11.8 Å². The van der Waals surface area contributed by atoms with Crippen LogP contribution in [0.3, 0.4) is 0 Å². The Hall–Kier alpha value is -0.900. The number of piperidine rings is 2. The van der Waals surface area contributed by atoms with Crippen molar-refractivity contribution in [3.8, 4) is 0 Å². The van der Waals surface area contributed by atoms with Crippen molar-refractivity contribution in [2.45, 2.75) is 38.5 Å². The molecule has 18 heavy (non-hydrogen) atoms. The third-order valence-corrected chi connectivity index (χ3v) is 4.88. The lowest BCUT2D eigenvalue weighted by atomic mass is 9.92. The Balaban J connectivity index is 1.58. The van der Waals surface area contributed by atoms with Crippen molar-refractivity contribution < 1.29 is 9.59 Å². The van der Waals surface area contributed by atoms with Crippen molar-refractivity contribution in [2.75, 3.05) is 19.6 Å². The van der Waals surface area contributed by atoms with Crippen molar-refractivity contribution in [3.63, 3.8) is 0 Å². The average molecular weight is 250 g/mol. The molecule has 1 aliphatic carbocycles. The highest BCUT2D eigenvalue weighted by Gasteiger charge is 2.44. The minimum Gasteiger partial charge on any atom is -0.317 e. The maximum absolute atomic E-state index is 12.2. The largest absolute Gasteiger partial charge is 0.317 e. The van der Waals surface area contributed by atoms with E-state index < -0.39 is 0 Å². The summed E-state index contributed by atoms with van der Waals surface area (Å²) < 4.78 is 0. The first kappa shape index (κ1) is 12.2. The van der Waals surface area contributed by atoms with Crippen molar-refractivity contribution in [2.24, 2.45) is 17.8 Å². The van der Waals surface area contributed by atoms with Crippen molar-refractivity contribution in [1.29, 1.82) is 0 Å². The fourth-order valence-corrected chi connectivity index (χ4v) is 3.68. The lowest BCUT2D eigenvalue weighted by Crippen LogP contribution is -2.47. The van der Waals surface area contributed by atoms with Crippen molar-refractivity contribution >= 4 is 11.8 Å². The molecule has 2 aliphatic heterocycles. The van der Waals surface area contributed by atoms with E-state index in [2.05, 4.69) is 5.32 Å². The van der Waals surface area contributed by atoms with Gasteiger partial charge in [0.25, 0.3) is 0 Å². The Morgan fingerprint density at radius 2 is 1.61 bits per heavy atom. The van der Waals surface area contributed by atoms with Crippen LogP contribution in [-0.2, 0) is 9.59 Å². The van der Waals surface area contributed by atoms with E-state index >= 15 is 0 Å². The Morgan fingerprint density at radius 3 is 2.22 bits per heavy atom. The quantitative estimate of drug-likeness (QED) is 0.765. The number of carbonyl (C=O) groups is 2. The molecule has 0 spiro atoms. The molecule has 1 N–H and O–H groups in total. The molecular weight excluding hydrogens is 228 g/mol. The first-order valence-corrected chi connectivity index (χ1v) is 7.31. The van der Waals surface area contributed by atoms with Gasteiger partial charge >= 0.3 is 0 Å². The molecule has 3 aliphatic rings. The highest BCUT2D eigenvalue weighted by atomic mass is 16.2. The summed E-state index contributed by atoms with van der Waals surface area (Å²) in [5, 5.41) is 3.35. The minimum absolute atomic E-state index is 0.114. The molecule has 2 unspecified atom stereocenters. The zero-order valence-corrected chi connectivity index (χ0v) is 10.9. The first-order valence-electron chi connectivity index (χ1n) is 7.31. The number of hydrogen-bond acceptors (Lipinski definition) is 3. The van der Waals surface area contributed by atoms with Crippen LogP contribution in [-0.4, -0.2) is 36.3 Å². The molecule has 3 fully saturated rings. The molecule has 0 aromatic heterocycles. The number of nitrogens with zero attached hydrogens (tertiary/aromatic N) is 1. The van der Waals surface area contributed by atoms with E-state index in [1.807, 2.05) is 0 Å². The summed E-state index contributed by atoms with van der Waals surface area (Å²) in [5.74, 6) is 1.22. The van der Waals surface area contributed by atoms with E-state index in [4.69, 9.17) is 0 Å². The van der Waals surface area contributed by atoms with Crippen LogP contribution >= 0.6 is 0 Å². The normalized spacial score (nSPS) is 33.2. The summed E-state index contributed by atoms with van der Waals surface area (Å²) in [7, 11) is 0. The lowest BCUT2D eigenvalue weighted by Gasteiger charge is -2.31. The van der Waals surface area contributed by atoms with E-state index in [1.54, 1.807) is 4.90 Å². The van der Waals surface area contributed by atoms with Gasteiger partial charge in [-0.25, -0.2) is 0 Å². The topological polar surface area (TPSA) is 49.4 Å². The fourth-order valence-electron chi connectivity index (χ4n) is 3.68. The predicted octanol–water partition coefficient (Wildman–Crippen LogP) is 1.16. The van der Waals surface area contributed by atoms with Gasteiger partial charge in [-0.15, -0.1) is 0 Å². The molecule has 0 radical (unpaired) electrons. The monoisotopic (exact) mass is 250 g/mol. The molecule has 2 amide bonds. The Kier molecular flexibility index (Phi) is 3.37. The molecule has 4 heteroatoms. The standard InChI is InChI=1S/C14H22N2O2/c17-13-11-1-2-12(9-11)14(18)16(13)8-5-10-3-6-15-7-4-10/h10-12,15H,1-9H2. The van der Waals surface area contributed by atoms with Crippen LogP contribution in [0.25, 0.3) is 0 Å². The summed E-state index contributed by atoms with van der Waals surface area (Å²) in [6.07, 6.45) is 6.05. The molecular formula is C14H22N2O2. The van der Waals surface area contributed by atoms with Crippen molar-refractivity contribution in [3.05, 3.63) is 0 Å². The lowest BCUT2D eigenvalue weighted by molar-refractivity contribution is -0.153. The number of fused-ring (bicyclic) bond motifs is 2. The number of likely N-dealkylation sites (tertiary alicyclic amines) is 1. The summed E-state index contributed by atoms with van der Waals surface area (Å²) in [6, 6.07) is 0. The molecule has 1 saturated carbocycles. The summed E-state index contributed by atoms with van der Waals surface area (Å²) in [4.78, 5) is 25.9. The van der Waals surface area contributed by atoms with E-state index in [9.17, 15) is 9.59 Å². The maximum atomic E-state index is 12.2. The fraction of sp³-hybridized carbons (Fsp3) is 0.857. The van der Waals surface area contributed by atoms with Crippen LogP contribution in [0.2, 0.25) is 0 Å². The Bertz CT molecular complexity index is 328. The Morgan fingerprint density at radius 1 is 1.00 bits per heavy atom.